The third kappa shape index (κ3) is 3.96. The van der Waals surface area contributed by atoms with E-state index >= 15 is 0 Å². The fraction of sp³-hybridized carbons (Fsp3) is 0.389. The number of carbonyl (C=O) groups is 4. The highest BCUT2D eigenvalue weighted by Gasteiger charge is 2.30. The van der Waals surface area contributed by atoms with Gasteiger partial charge in [-0.1, -0.05) is 17.4 Å². The smallest absolute Gasteiger partial charge is 0.326 e. The van der Waals surface area contributed by atoms with Crippen LogP contribution in [-0.2, 0) is 30.5 Å². The van der Waals surface area contributed by atoms with Crippen molar-refractivity contribution in [2.24, 2.45) is 4.99 Å². The van der Waals surface area contributed by atoms with E-state index in [4.69, 9.17) is 9.47 Å². The van der Waals surface area contributed by atoms with Crippen molar-refractivity contribution in [1.29, 1.82) is 0 Å². The molecule has 0 N–H and O–H groups in total. The molecule has 9 nitrogen and oxygen atoms in total. The van der Waals surface area contributed by atoms with Gasteiger partial charge in [-0.2, -0.15) is 4.99 Å². The van der Waals surface area contributed by atoms with E-state index in [9.17, 15) is 19.2 Å². The molecule has 148 valence electrons. The molecule has 0 atom stereocenters. The number of carbonyl (C=O) groups excluding carboxylic acids is 4. The molecule has 1 aliphatic heterocycles. The van der Waals surface area contributed by atoms with Crippen LogP contribution in [0.3, 0.4) is 0 Å². The van der Waals surface area contributed by atoms with Gasteiger partial charge in [0.1, 0.15) is 24.4 Å². The zero-order chi connectivity index (χ0) is 20.3. The van der Waals surface area contributed by atoms with Gasteiger partial charge >= 0.3 is 5.97 Å². The minimum absolute atomic E-state index is 0.106. The second kappa shape index (κ2) is 8.34. The average Bonchev–Trinajstić information content (AvgIpc) is 3.16. The van der Waals surface area contributed by atoms with Crippen LogP contribution in [0.5, 0.6) is 5.75 Å². The van der Waals surface area contributed by atoms with Crippen LogP contribution in [-0.4, -0.2) is 53.4 Å². The van der Waals surface area contributed by atoms with Crippen LogP contribution < -0.4 is 9.54 Å². The molecule has 0 saturated carbocycles. The number of hydrogen-bond acceptors (Lipinski definition) is 7. The van der Waals surface area contributed by atoms with Crippen LogP contribution in [0.15, 0.2) is 23.2 Å². The summed E-state index contributed by atoms with van der Waals surface area (Å²) < 4.78 is 12.7. The molecule has 0 aliphatic carbocycles. The van der Waals surface area contributed by atoms with Gasteiger partial charge in [-0.25, -0.2) is 0 Å². The molecule has 3 amide bonds. The summed E-state index contributed by atoms with van der Waals surface area (Å²) in [6.07, 6.45) is 0.212. The van der Waals surface area contributed by atoms with Crippen molar-refractivity contribution in [3.63, 3.8) is 0 Å². The van der Waals surface area contributed by atoms with E-state index in [2.05, 4.69) is 4.99 Å². The van der Waals surface area contributed by atoms with E-state index in [0.29, 0.717) is 11.3 Å². The lowest BCUT2D eigenvalue weighted by molar-refractivity contribution is -0.144. The molecule has 1 saturated heterocycles. The fourth-order valence-corrected chi connectivity index (χ4v) is 3.97. The lowest BCUT2D eigenvalue weighted by Gasteiger charge is -2.10. The molecule has 0 radical (unpaired) electrons. The number of fused-ring (bicyclic) bond motifs is 1. The van der Waals surface area contributed by atoms with Crippen LogP contribution >= 0.6 is 11.3 Å². The topological polar surface area (TPSA) is 107 Å². The van der Waals surface area contributed by atoms with Gasteiger partial charge in [0, 0.05) is 12.8 Å². The molecule has 2 heterocycles. The minimum atomic E-state index is -0.647. The van der Waals surface area contributed by atoms with Crippen molar-refractivity contribution in [2.75, 3.05) is 20.3 Å². The summed E-state index contributed by atoms with van der Waals surface area (Å²) in [5.41, 5.74) is 0.614. The quantitative estimate of drug-likeness (QED) is 0.521. The first-order valence-electron chi connectivity index (χ1n) is 8.67. The van der Waals surface area contributed by atoms with Gasteiger partial charge < -0.3 is 14.0 Å². The first-order valence-corrected chi connectivity index (χ1v) is 9.49. The molecule has 28 heavy (non-hydrogen) atoms. The maximum atomic E-state index is 12.4. The van der Waals surface area contributed by atoms with Gasteiger partial charge in [-0.15, -0.1) is 0 Å². The number of imide groups is 1. The number of nitrogens with zero attached hydrogens (tertiary/aromatic N) is 3. The summed E-state index contributed by atoms with van der Waals surface area (Å²) in [5.74, 6) is -1.37. The number of ether oxygens (including phenoxy) is 2. The van der Waals surface area contributed by atoms with Crippen LogP contribution in [0.25, 0.3) is 10.2 Å². The van der Waals surface area contributed by atoms with E-state index in [1.807, 2.05) is 6.07 Å². The average molecular weight is 405 g/mol. The highest BCUT2D eigenvalue weighted by Crippen LogP contribution is 2.27. The molecule has 0 unspecified atom stereocenters. The first kappa shape index (κ1) is 19.7. The number of methoxy groups -OCH3 is 1. The summed E-state index contributed by atoms with van der Waals surface area (Å²) >= 11 is 1.20. The Morgan fingerprint density at radius 3 is 2.54 bits per heavy atom. The molecule has 3 rings (SSSR count). The molecule has 1 aromatic carbocycles. The number of aromatic nitrogens is 1. The standard InChI is InChI=1S/C18H19N3O6S/c1-3-27-16(25)10-21-17-11(26-2)5-4-6-12(17)28-18(21)19-13(22)9-20-14(23)7-8-15(20)24/h4-6H,3,7-10H2,1-2H3. The third-order valence-corrected chi connectivity index (χ3v) is 5.19. The Morgan fingerprint density at radius 2 is 1.89 bits per heavy atom. The van der Waals surface area contributed by atoms with Gasteiger partial charge in [0.15, 0.2) is 4.80 Å². The summed E-state index contributed by atoms with van der Waals surface area (Å²) in [5, 5.41) is 0. The zero-order valence-electron chi connectivity index (χ0n) is 15.5. The number of rotatable bonds is 6. The van der Waals surface area contributed by atoms with Crippen molar-refractivity contribution in [1.82, 2.24) is 9.47 Å². The second-order valence-electron chi connectivity index (χ2n) is 5.96. The predicted octanol–water partition coefficient (Wildman–Crippen LogP) is 0.851. The highest BCUT2D eigenvalue weighted by molar-refractivity contribution is 7.16. The summed E-state index contributed by atoms with van der Waals surface area (Å²) in [6.45, 7) is 1.36. The number of amides is 3. The van der Waals surface area contributed by atoms with Crippen molar-refractivity contribution in [3.05, 3.63) is 23.0 Å². The van der Waals surface area contributed by atoms with Gasteiger partial charge in [0.2, 0.25) is 11.8 Å². The molecular weight excluding hydrogens is 386 g/mol. The van der Waals surface area contributed by atoms with Gasteiger partial charge in [-0.05, 0) is 19.1 Å². The Morgan fingerprint density at radius 1 is 1.18 bits per heavy atom. The lowest BCUT2D eigenvalue weighted by Crippen LogP contribution is -2.34. The zero-order valence-corrected chi connectivity index (χ0v) is 16.3. The Balaban J connectivity index is 2.02. The van der Waals surface area contributed by atoms with Gasteiger partial charge in [0.05, 0.1) is 18.4 Å². The van der Waals surface area contributed by atoms with Crippen LogP contribution in [0.2, 0.25) is 0 Å². The Kier molecular flexibility index (Phi) is 5.88. The van der Waals surface area contributed by atoms with Crippen LogP contribution in [0.1, 0.15) is 19.8 Å². The first-order chi connectivity index (χ1) is 13.4. The van der Waals surface area contributed by atoms with E-state index in [1.165, 1.54) is 18.4 Å². The number of esters is 1. The summed E-state index contributed by atoms with van der Waals surface area (Å²) in [6, 6.07) is 5.35. The molecule has 0 bridgehead atoms. The summed E-state index contributed by atoms with van der Waals surface area (Å²) in [4.78, 5) is 53.1. The second-order valence-corrected chi connectivity index (χ2v) is 6.97. The van der Waals surface area contributed by atoms with Gasteiger partial charge in [-0.3, -0.25) is 24.1 Å². The van der Waals surface area contributed by atoms with E-state index in [1.54, 1.807) is 23.6 Å². The molecule has 0 spiro atoms. The van der Waals surface area contributed by atoms with Crippen molar-refractivity contribution in [2.45, 2.75) is 26.3 Å². The molecule has 1 aliphatic rings. The monoisotopic (exact) mass is 405 g/mol. The summed E-state index contributed by atoms with van der Waals surface area (Å²) in [7, 11) is 1.51. The normalized spacial score (nSPS) is 14.8. The molecule has 1 fully saturated rings. The molecular formula is C18H19N3O6S. The predicted molar refractivity (Wildman–Crippen MR) is 99.5 cm³/mol. The fourth-order valence-electron chi connectivity index (χ4n) is 2.91. The lowest BCUT2D eigenvalue weighted by atomic mass is 10.3. The number of likely N-dealkylation sites (tertiary alicyclic amines) is 1. The Hall–Kier alpha value is -3.01. The number of benzene rings is 1. The van der Waals surface area contributed by atoms with E-state index in [-0.39, 0.29) is 42.6 Å². The maximum absolute atomic E-state index is 12.4. The number of thiazole rings is 1. The highest BCUT2D eigenvalue weighted by atomic mass is 32.1. The number of para-hydroxylation sites is 1. The number of hydrogen-bond donors (Lipinski definition) is 0. The van der Waals surface area contributed by atoms with Crippen LogP contribution in [0, 0.1) is 0 Å². The Bertz CT molecular complexity index is 1010. The van der Waals surface area contributed by atoms with Crippen molar-refractivity contribution < 1.29 is 28.7 Å². The maximum Gasteiger partial charge on any atom is 0.326 e. The minimum Gasteiger partial charge on any atom is -0.495 e. The Labute approximate surface area is 164 Å². The van der Waals surface area contributed by atoms with Crippen molar-refractivity contribution in [3.8, 4) is 5.75 Å². The van der Waals surface area contributed by atoms with Gasteiger partial charge in [0.25, 0.3) is 5.91 Å². The third-order valence-electron chi connectivity index (χ3n) is 4.15. The molecule has 10 heteroatoms. The van der Waals surface area contributed by atoms with Crippen LogP contribution in [0.4, 0.5) is 0 Å². The van der Waals surface area contributed by atoms with Crippen molar-refractivity contribution >= 4 is 45.2 Å². The molecule has 1 aromatic heterocycles. The molecule has 2 aromatic rings. The van der Waals surface area contributed by atoms with E-state index in [0.717, 1.165) is 9.60 Å². The largest absolute Gasteiger partial charge is 0.495 e. The SMILES string of the molecule is CCOC(=O)Cn1c(=NC(=O)CN2C(=O)CCC2=O)sc2cccc(OC)c21. The van der Waals surface area contributed by atoms with E-state index < -0.39 is 18.4 Å².